The van der Waals surface area contributed by atoms with E-state index in [-0.39, 0.29) is 18.6 Å². The third-order valence-electron chi connectivity index (χ3n) is 4.68. The Morgan fingerprint density at radius 3 is 2.54 bits per heavy atom. The smallest absolute Gasteiger partial charge is 0.231 e. The van der Waals surface area contributed by atoms with Crippen LogP contribution in [0, 0.1) is 0 Å². The second-order valence-electron chi connectivity index (χ2n) is 6.57. The van der Waals surface area contributed by atoms with Crippen molar-refractivity contribution in [1.82, 2.24) is 10.3 Å². The summed E-state index contributed by atoms with van der Waals surface area (Å²) in [7, 11) is 0. The SMILES string of the molecule is O=C(NCc1ccc2c(c1)OCO2)C(Cc1ccncc1)c1ccc(Cl)cc1. The van der Waals surface area contributed by atoms with Crippen molar-refractivity contribution >= 4 is 17.5 Å². The van der Waals surface area contributed by atoms with E-state index < -0.39 is 0 Å². The number of carbonyl (C=O) groups is 1. The van der Waals surface area contributed by atoms with Crippen LogP contribution in [0.5, 0.6) is 11.5 Å². The number of rotatable bonds is 6. The Morgan fingerprint density at radius 2 is 1.75 bits per heavy atom. The van der Waals surface area contributed by atoms with Gasteiger partial charge in [0.15, 0.2) is 11.5 Å². The quantitative estimate of drug-likeness (QED) is 0.683. The van der Waals surface area contributed by atoms with Gasteiger partial charge >= 0.3 is 0 Å². The molecule has 5 nitrogen and oxygen atoms in total. The molecule has 1 aromatic heterocycles. The Bertz CT molecular complexity index is 961. The van der Waals surface area contributed by atoms with Gasteiger partial charge in [-0.1, -0.05) is 29.8 Å². The van der Waals surface area contributed by atoms with Crippen LogP contribution in [0.1, 0.15) is 22.6 Å². The number of benzene rings is 2. The van der Waals surface area contributed by atoms with Crippen molar-refractivity contribution in [1.29, 1.82) is 0 Å². The normalized spacial score (nSPS) is 13.2. The minimum absolute atomic E-state index is 0.0446. The second-order valence-corrected chi connectivity index (χ2v) is 7.01. The largest absolute Gasteiger partial charge is 0.454 e. The highest BCUT2D eigenvalue weighted by Crippen LogP contribution is 2.32. The third kappa shape index (κ3) is 4.26. The lowest BCUT2D eigenvalue weighted by molar-refractivity contribution is -0.122. The maximum absolute atomic E-state index is 13.0. The molecule has 1 unspecified atom stereocenters. The number of ether oxygens (including phenoxy) is 2. The van der Waals surface area contributed by atoms with E-state index in [0.29, 0.717) is 23.7 Å². The van der Waals surface area contributed by atoms with Crippen molar-refractivity contribution in [3.63, 3.8) is 0 Å². The second kappa shape index (κ2) is 8.31. The van der Waals surface area contributed by atoms with Gasteiger partial charge in [0.1, 0.15) is 0 Å². The summed E-state index contributed by atoms with van der Waals surface area (Å²) in [5, 5.41) is 3.69. The average molecular weight is 395 g/mol. The lowest BCUT2D eigenvalue weighted by Gasteiger charge is -2.18. The number of hydrogen-bond donors (Lipinski definition) is 1. The van der Waals surface area contributed by atoms with Gasteiger partial charge in [0.25, 0.3) is 0 Å². The fraction of sp³-hybridized carbons (Fsp3) is 0.182. The zero-order valence-corrected chi connectivity index (χ0v) is 15.9. The summed E-state index contributed by atoms with van der Waals surface area (Å²) in [6.45, 7) is 0.644. The molecule has 0 radical (unpaired) electrons. The van der Waals surface area contributed by atoms with Gasteiger partial charge in [0.2, 0.25) is 12.7 Å². The Kier molecular flexibility index (Phi) is 5.44. The molecule has 2 aromatic carbocycles. The van der Waals surface area contributed by atoms with E-state index in [2.05, 4.69) is 10.3 Å². The monoisotopic (exact) mass is 394 g/mol. The molecule has 0 aliphatic carbocycles. The van der Waals surface area contributed by atoms with E-state index in [4.69, 9.17) is 21.1 Å². The van der Waals surface area contributed by atoms with E-state index in [1.54, 1.807) is 12.4 Å². The van der Waals surface area contributed by atoms with Gasteiger partial charge in [0.05, 0.1) is 5.92 Å². The summed E-state index contributed by atoms with van der Waals surface area (Å²) in [5.74, 6) is 1.06. The molecule has 28 heavy (non-hydrogen) atoms. The summed E-state index contributed by atoms with van der Waals surface area (Å²) in [6, 6.07) is 16.9. The zero-order chi connectivity index (χ0) is 19.3. The van der Waals surface area contributed by atoms with Crippen LogP contribution in [0.4, 0.5) is 0 Å². The summed E-state index contributed by atoms with van der Waals surface area (Å²) in [4.78, 5) is 17.1. The molecule has 4 rings (SSSR count). The maximum atomic E-state index is 13.0. The van der Waals surface area contributed by atoms with E-state index in [9.17, 15) is 4.79 Å². The topological polar surface area (TPSA) is 60.5 Å². The number of fused-ring (bicyclic) bond motifs is 1. The number of carbonyl (C=O) groups excluding carboxylic acids is 1. The van der Waals surface area contributed by atoms with Crippen LogP contribution in [0.15, 0.2) is 67.0 Å². The van der Waals surface area contributed by atoms with Gasteiger partial charge in [0, 0.05) is 24.0 Å². The predicted molar refractivity (Wildman–Crippen MR) is 107 cm³/mol. The van der Waals surface area contributed by atoms with Gasteiger partial charge in [-0.05, 0) is 59.5 Å². The lowest BCUT2D eigenvalue weighted by atomic mass is 9.91. The highest BCUT2D eigenvalue weighted by atomic mass is 35.5. The minimum Gasteiger partial charge on any atom is -0.454 e. The van der Waals surface area contributed by atoms with Crippen LogP contribution in [0.2, 0.25) is 5.02 Å². The Hall–Kier alpha value is -3.05. The maximum Gasteiger partial charge on any atom is 0.231 e. The minimum atomic E-state index is -0.325. The summed E-state index contributed by atoms with van der Waals surface area (Å²) >= 11 is 6.01. The molecule has 6 heteroatoms. The molecule has 0 spiro atoms. The first-order chi connectivity index (χ1) is 13.7. The first kappa shape index (κ1) is 18.3. The van der Waals surface area contributed by atoms with Crippen molar-refractivity contribution < 1.29 is 14.3 Å². The number of nitrogens with one attached hydrogen (secondary N) is 1. The Balaban J connectivity index is 1.50. The van der Waals surface area contributed by atoms with Gasteiger partial charge in [-0.2, -0.15) is 0 Å². The number of aromatic nitrogens is 1. The lowest BCUT2D eigenvalue weighted by Crippen LogP contribution is -2.30. The van der Waals surface area contributed by atoms with Gasteiger partial charge in [-0.15, -0.1) is 0 Å². The highest BCUT2D eigenvalue weighted by Gasteiger charge is 2.21. The summed E-state index contributed by atoms with van der Waals surface area (Å²) < 4.78 is 10.7. The molecule has 0 saturated heterocycles. The number of nitrogens with zero attached hydrogens (tertiary/aromatic N) is 1. The van der Waals surface area contributed by atoms with Gasteiger partial charge in [-0.25, -0.2) is 0 Å². The molecule has 1 atom stereocenters. The standard InChI is InChI=1S/C22H19ClN2O3/c23-18-4-2-17(3-5-18)19(11-15-7-9-24-10-8-15)22(26)25-13-16-1-6-20-21(12-16)28-14-27-20/h1-10,12,19H,11,13-14H2,(H,25,26). The van der Waals surface area contributed by atoms with Crippen molar-refractivity contribution in [3.8, 4) is 11.5 Å². The van der Waals surface area contributed by atoms with Crippen LogP contribution in [0.25, 0.3) is 0 Å². The van der Waals surface area contributed by atoms with Crippen LogP contribution in [-0.4, -0.2) is 17.7 Å². The van der Waals surface area contributed by atoms with E-state index in [0.717, 1.165) is 22.4 Å². The molecular weight excluding hydrogens is 376 g/mol. The van der Waals surface area contributed by atoms with Crippen LogP contribution < -0.4 is 14.8 Å². The molecule has 1 aliphatic heterocycles. The molecule has 0 fully saturated rings. The van der Waals surface area contributed by atoms with Crippen molar-refractivity contribution in [2.24, 2.45) is 0 Å². The molecule has 3 aromatic rings. The van der Waals surface area contributed by atoms with Crippen LogP contribution in [-0.2, 0) is 17.8 Å². The van der Waals surface area contributed by atoms with E-state index in [1.165, 1.54) is 0 Å². The first-order valence-electron chi connectivity index (χ1n) is 8.99. The number of amides is 1. The molecule has 2 heterocycles. The molecular formula is C22H19ClN2O3. The molecule has 142 valence electrons. The Labute approximate surface area is 168 Å². The molecule has 0 saturated carbocycles. The molecule has 1 N–H and O–H groups in total. The number of hydrogen-bond acceptors (Lipinski definition) is 4. The summed E-state index contributed by atoms with van der Waals surface area (Å²) in [6.07, 6.45) is 4.05. The average Bonchev–Trinajstić information content (AvgIpc) is 3.20. The van der Waals surface area contributed by atoms with E-state index in [1.807, 2.05) is 54.6 Å². The van der Waals surface area contributed by atoms with Crippen molar-refractivity contribution in [2.45, 2.75) is 18.9 Å². The van der Waals surface area contributed by atoms with Gasteiger partial charge in [-0.3, -0.25) is 9.78 Å². The molecule has 1 aliphatic rings. The highest BCUT2D eigenvalue weighted by molar-refractivity contribution is 6.30. The fourth-order valence-electron chi connectivity index (χ4n) is 3.17. The van der Waals surface area contributed by atoms with E-state index >= 15 is 0 Å². The fourth-order valence-corrected chi connectivity index (χ4v) is 3.30. The number of halogens is 1. The van der Waals surface area contributed by atoms with Crippen molar-refractivity contribution in [2.75, 3.05) is 6.79 Å². The first-order valence-corrected chi connectivity index (χ1v) is 9.37. The van der Waals surface area contributed by atoms with Crippen molar-refractivity contribution in [3.05, 3.63) is 88.7 Å². The van der Waals surface area contributed by atoms with Crippen LogP contribution >= 0.6 is 11.6 Å². The predicted octanol–water partition coefficient (Wildman–Crippen LogP) is 4.11. The molecule has 1 amide bonds. The zero-order valence-electron chi connectivity index (χ0n) is 15.1. The van der Waals surface area contributed by atoms with Gasteiger partial charge < -0.3 is 14.8 Å². The summed E-state index contributed by atoms with van der Waals surface area (Å²) in [5.41, 5.74) is 2.92. The Morgan fingerprint density at radius 1 is 1.00 bits per heavy atom. The van der Waals surface area contributed by atoms with Crippen LogP contribution in [0.3, 0.4) is 0 Å². The number of pyridine rings is 1. The molecule has 0 bridgehead atoms. The third-order valence-corrected chi connectivity index (χ3v) is 4.93.